The molecule has 2 atom stereocenters. The second-order valence-electron chi connectivity index (χ2n) is 4.65. The zero-order valence-corrected chi connectivity index (χ0v) is 11.3. The predicted octanol–water partition coefficient (Wildman–Crippen LogP) is -0.387. The molecule has 0 saturated carbocycles. The Morgan fingerprint density at radius 2 is 2.10 bits per heavy atom. The number of carboxylic acid groups (broad SMARTS) is 1. The Kier molecular flexibility index (Phi) is 4.89. The van der Waals surface area contributed by atoms with Crippen LogP contribution in [0.2, 0.25) is 0 Å². The van der Waals surface area contributed by atoms with Crippen molar-refractivity contribution >= 4 is 18.3 Å². The summed E-state index contributed by atoms with van der Waals surface area (Å²) in [7, 11) is 0. The van der Waals surface area contributed by atoms with E-state index in [1.54, 1.807) is 12.1 Å². The van der Waals surface area contributed by atoms with E-state index in [9.17, 15) is 19.5 Å². The van der Waals surface area contributed by atoms with Crippen molar-refractivity contribution in [3.8, 4) is 0 Å². The van der Waals surface area contributed by atoms with E-state index in [1.165, 1.54) is 0 Å². The maximum absolute atomic E-state index is 12.1. The smallest absolute Gasteiger partial charge is 0.328 e. The minimum absolute atomic E-state index is 0.0608. The van der Waals surface area contributed by atoms with Crippen LogP contribution in [0, 0.1) is 0 Å². The number of hydrogen-bond donors (Lipinski definition) is 2. The van der Waals surface area contributed by atoms with Crippen molar-refractivity contribution in [1.29, 1.82) is 0 Å². The van der Waals surface area contributed by atoms with Crippen LogP contribution in [-0.2, 0) is 25.7 Å². The van der Waals surface area contributed by atoms with Crippen molar-refractivity contribution in [3.05, 3.63) is 35.9 Å². The molecule has 21 heavy (non-hydrogen) atoms. The molecule has 1 heterocycles. The van der Waals surface area contributed by atoms with Gasteiger partial charge in [-0.2, -0.15) is 0 Å². The van der Waals surface area contributed by atoms with Gasteiger partial charge in [-0.3, -0.25) is 9.59 Å². The number of carboxylic acids is 1. The summed E-state index contributed by atoms with van der Waals surface area (Å²) in [6, 6.07) is 6.76. The molecule has 1 aliphatic rings. The van der Waals surface area contributed by atoms with Crippen LogP contribution in [0.5, 0.6) is 0 Å². The van der Waals surface area contributed by atoms with E-state index in [2.05, 4.69) is 5.32 Å². The van der Waals surface area contributed by atoms with Crippen LogP contribution < -0.4 is 5.32 Å². The number of ether oxygens (including phenoxy) is 1. The second kappa shape index (κ2) is 6.85. The zero-order valence-electron chi connectivity index (χ0n) is 11.3. The van der Waals surface area contributed by atoms with Crippen molar-refractivity contribution in [2.45, 2.75) is 18.7 Å². The van der Waals surface area contributed by atoms with Gasteiger partial charge in [0.15, 0.2) is 6.04 Å². The lowest BCUT2D eigenvalue weighted by atomic mass is 10.0. The summed E-state index contributed by atoms with van der Waals surface area (Å²) < 4.78 is 5.13. The van der Waals surface area contributed by atoms with Crippen molar-refractivity contribution < 1.29 is 24.2 Å². The summed E-state index contributed by atoms with van der Waals surface area (Å²) in [5, 5.41) is 12.0. The first-order valence-corrected chi connectivity index (χ1v) is 6.51. The normalized spacial score (nSPS) is 21.6. The molecule has 0 bridgehead atoms. The highest BCUT2D eigenvalue weighted by molar-refractivity contribution is 5.88. The number of esters is 1. The van der Waals surface area contributed by atoms with Gasteiger partial charge < -0.3 is 20.1 Å². The van der Waals surface area contributed by atoms with Gasteiger partial charge in [-0.1, -0.05) is 30.3 Å². The first-order chi connectivity index (χ1) is 10.1. The number of piperazine rings is 1. The summed E-state index contributed by atoms with van der Waals surface area (Å²) in [4.78, 5) is 35.3. The van der Waals surface area contributed by atoms with E-state index in [-0.39, 0.29) is 13.2 Å². The Labute approximate surface area is 121 Å². The highest BCUT2D eigenvalue weighted by Crippen LogP contribution is 2.11. The lowest BCUT2D eigenvalue weighted by Gasteiger charge is -2.35. The Morgan fingerprint density at radius 1 is 1.38 bits per heavy atom. The fourth-order valence-corrected chi connectivity index (χ4v) is 2.22. The Balaban J connectivity index is 2.02. The topological polar surface area (TPSA) is 95.9 Å². The van der Waals surface area contributed by atoms with Gasteiger partial charge in [0.25, 0.3) is 0 Å². The van der Waals surface area contributed by atoms with Gasteiger partial charge in [-0.25, -0.2) is 4.79 Å². The van der Waals surface area contributed by atoms with Crippen LogP contribution in [0.1, 0.15) is 5.56 Å². The molecule has 2 unspecified atom stereocenters. The van der Waals surface area contributed by atoms with Gasteiger partial charge in [0.1, 0.15) is 12.6 Å². The van der Waals surface area contributed by atoms with Crippen molar-refractivity contribution in [2.24, 2.45) is 0 Å². The van der Waals surface area contributed by atoms with Crippen molar-refractivity contribution in [1.82, 2.24) is 10.2 Å². The van der Waals surface area contributed by atoms with Crippen molar-refractivity contribution in [3.63, 3.8) is 0 Å². The third-order valence-electron chi connectivity index (χ3n) is 3.27. The third kappa shape index (κ3) is 3.57. The number of nitrogens with zero attached hydrogens (tertiary/aromatic N) is 1. The molecule has 1 saturated heterocycles. The molecular weight excluding hydrogens is 276 g/mol. The lowest BCUT2D eigenvalue weighted by Crippen LogP contribution is -2.63. The molecule has 1 fully saturated rings. The van der Waals surface area contributed by atoms with Gasteiger partial charge in [-0.15, -0.1) is 0 Å². The van der Waals surface area contributed by atoms with E-state index >= 15 is 0 Å². The van der Waals surface area contributed by atoms with E-state index in [1.807, 2.05) is 18.2 Å². The number of hydrogen-bond acceptors (Lipinski definition) is 5. The average Bonchev–Trinajstić information content (AvgIpc) is 2.52. The van der Waals surface area contributed by atoms with Gasteiger partial charge in [-0.05, 0) is 5.56 Å². The molecule has 1 aromatic rings. The lowest BCUT2D eigenvalue weighted by molar-refractivity contribution is -0.160. The fraction of sp³-hybridized carbons (Fsp3) is 0.357. The Bertz CT molecular complexity index is 519. The molecule has 7 heteroatoms. The van der Waals surface area contributed by atoms with Gasteiger partial charge in [0.05, 0.1) is 0 Å². The third-order valence-corrected chi connectivity index (χ3v) is 3.27. The van der Waals surface area contributed by atoms with Crippen molar-refractivity contribution in [2.75, 3.05) is 13.1 Å². The number of nitrogens with one attached hydrogen (secondary N) is 1. The first kappa shape index (κ1) is 15.0. The number of amides is 1. The average molecular weight is 292 g/mol. The molecule has 0 aromatic heterocycles. The van der Waals surface area contributed by atoms with Gasteiger partial charge >= 0.3 is 11.9 Å². The number of carbonyl (C=O) groups is 3. The molecular formula is C14H16N2O5. The van der Waals surface area contributed by atoms with Gasteiger partial charge in [0, 0.05) is 13.1 Å². The Morgan fingerprint density at radius 3 is 2.71 bits per heavy atom. The van der Waals surface area contributed by atoms with Crippen LogP contribution in [-0.4, -0.2) is 53.5 Å². The molecule has 1 aliphatic heterocycles. The zero-order chi connectivity index (χ0) is 15.2. The van der Waals surface area contributed by atoms with Crippen LogP contribution >= 0.6 is 0 Å². The number of aliphatic carboxylic acids is 1. The maximum Gasteiger partial charge on any atom is 0.328 e. The second-order valence-corrected chi connectivity index (χ2v) is 4.65. The number of rotatable bonds is 5. The summed E-state index contributed by atoms with van der Waals surface area (Å²) in [5.41, 5.74) is 0.806. The SMILES string of the molecule is O=CN1CCNC(C(=O)OCc2ccccc2)C1C(=O)O. The molecule has 0 radical (unpaired) electrons. The predicted molar refractivity (Wildman–Crippen MR) is 72.2 cm³/mol. The molecule has 1 amide bonds. The van der Waals surface area contributed by atoms with E-state index < -0.39 is 24.0 Å². The van der Waals surface area contributed by atoms with E-state index in [0.717, 1.165) is 10.5 Å². The monoisotopic (exact) mass is 292 g/mol. The van der Waals surface area contributed by atoms with Crippen LogP contribution in [0.4, 0.5) is 0 Å². The summed E-state index contributed by atoms with van der Waals surface area (Å²) in [6.45, 7) is 0.641. The molecule has 7 nitrogen and oxygen atoms in total. The Hall–Kier alpha value is -2.41. The fourth-order valence-electron chi connectivity index (χ4n) is 2.22. The summed E-state index contributed by atoms with van der Waals surface area (Å²) >= 11 is 0. The summed E-state index contributed by atoms with van der Waals surface area (Å²) in [5.74, 6) is -1.92. The minimum Gasteiger partial charge on any atom is -0.480 e. The number of carbonyl (C=O) groups excluding carboxylic acids is 2. The highest BCUT2D eigenvalue weighted by atomic mass is 16.5. The standard InChI is InChI=1S/C14H16N2O5/c17-9-16-7-6-15-11(12(16)13(18)19)14(20)21-8-10-4-2-1-3-5-10/h1-5,9,11-12,15H,6-8H2,(H,18,19). The molecule has 1 aromatic carbocycles. The molecule has 112 valence electrons. The van der Waals surface area contributed by atoms with E-state index in [0.29, 0.717) is 13.0 Å². The van der Waals surface area contributed by atoms with Crippen LogP contribution in [0.15, 0.2) is 30.3 Å². The highest BCUT2D eigenvalue weighted by Gasteiger charge is 2.41. The quantitative estimate of drug-likeness (QED) is 0.567. The number of benzene rings is 1. The van der Waals surface area contributed by atoms with Crippen LogP contribution in [0.25, 0.3) is 0 Å². The van der Waals surface area contributed by atoms with Crippen LogP contribution in [0.3, 0.4) is 0 Å². The first-order valence-electron chi connectivity index (χ1n) is 6.51. The van der Waals surface area contributed by atoms with Gasteiger partial charge in [0.2, 0.25) is 6.41 Å². The minimum atomic E-state index is -1.25. The summed E-state index contributed by atoms with van der Waals surface area (Å²) in [6.07, 6.45) is 0.442. The molecule has 0 spiro atoms. The molecule has 0 aliphatic carbocycles. The largest absolute Gasteiger partial charge is 0.480 e. The molecule has 2 N–H and O–H groups in total. The van der Waals surface area contributed by atoms with E-state index in [4.69, 9.17) is 4.74 Å². The molecule has 2 rings (SSSR count). The maximum atomic E-state index is 12.1.